The van der Waals surface area contributed by atoms with Crippen molar-refractivity contribution in [3.05, 3.63) is 89.0 Å². The fourth-order valence-electron chi connectivity index (χ4n) is 3.19. The Kier molecular flexibility index (Phi) is 7.93. The molecule has 4 rings (SSSR count). The Balaban J connectivity index is 1.34. The van der Waals surface area contributed by atoms with Gasteiger partial charge in [-0.1, -0.05) is 71.9 Å². The Morgan fingerprint density at radius 1 is 1.12 bits per heavy atom. The number of thioether (sulfide) groups is 1. The van der Waals surface area contributed by atoms with Crippen molar-refractivity contribution in [3.8, 4) is 11.3 Å². The van der Waals surface area contributed by atoms with Crippen molar-refractivity contribution >= 4 is 45.7 Å². The summed E-state index contributed by atoms with van der Waals surface area (Å²) in [6.07, 6.45) is 3.46. The van der Waals surface area contributed by atoms with Crippen molar-refractivity contribution in [2.75, 3.05) is 11.1 Å². The Morgan fingerprint density at radius 3 is 2.67 bits per heavy atom. The molecule has 0 unspecified atom stereocenters. The summed E-state index contributed by atoms with van der Waals surface area (Å²) < 4.78 is 2.01. The first-order chi connectivity index (χ1) is 16.1. The van der Waals surface area contributed by atoms with E-state index in [1.165, 1.54) is 28.7 Å². The van der Waals surface area contributed by atoms with E-state index in [1.54, 1.807) is 0 Å². The number of amides is 1. The Morgan fingerprint density at radius 2 is 1.91 bits per heavy atom. The molecule has 2 aromatic heterocycles. The van der Waals surface area contributed by atoms with Crippen molar-refractivity contribution in [1.82, 2.24) is 19.7 Å². The van der Waals surface area contributed by atoms with Gasteiger partial charge in [0.15, 0.2) is 10.3 Å². The number of nitrogens with zero attached hydrogens (tertiary/aromatic N) is 4. The van der Waals surface area contributed by atoms with E-state index in [-0.39, 0.29) is 11.7 Å². The Bertz CT molecular complexity index is 1220. The summed E-state index contributed by atoms with van der Waals surface area (Å²) in [5.41, 5.74) is 3.00. The summed E-state index contributed by atoms with van der Waals surface area (Å²) in [7, 11) is 0. The van der Waals surface area contributed by atoms with E-state index in [2.05, 4.69) is 39.2 Å². The van der Waals surface area contributed by atoms with Gasteiger partial charge in [0.05, 0.1) is 11.4 Å². The third kappa shape index (κ3) is 6.31. The van der Waals surface area contributed by atoms with Crippen LogP contribution in [0.4, 0.5) is 5.13 Å². The highest BCUT2D eigenvalue weighted by Gasteiger charge is 2.15. The van der Waals surface area contributed by atoms with E-state index < -0.39 is 0 Å². The monoisotopic (exact) mass is 495 g/mol. The van der Waals surface area contributed by atoms with Crippen LogP contribution in [0, 0.1) is 0 Å². The van der Waals surface area contributed by atoms with Gasteiger partial charge in [-0.3, -0.25) is 4.79 Å². The minimum absolute atomic E-state index is 0.143. The zero-order valence-electron chi connectivity index (χ0n) is 17.8. The lowest BCUT2D eigenvalue weighted by atomic mass is 10.1. The zero-order chi connectivity index (χ0) is 23.0. The molecule has 1 N–H and O–H groups in total. The minimum atomic E-state index is -0.143. The molecule has 0 radical (unpaired) electrons. The summed E-state index contributed by atoms with van der Waals surface area (Å²) in [5.74, 6) is 0.953. The molecule has 4 aromatic rings. The number of halogens is 1. The molecule has 2 heterocycles. The van der Waals surface area contributed by atoms with E-state index in [0.717, 1.165) is 29.9 Å². The number of aromatic nitrogens is 4. The van der Waals surface area contributed by atoms with Crippen molar-refractivity contribution in [3.63, 3.8) is 0 Å². The average molecular weight is 496 g/mol. The Hall–Kier alpha value is -2.94. The summed E-state index contributed by atoms with van der Waals surface area (Å²) in [4.78, 5) is 17.0. The number of benzene rings is 2. The van der Waals surface area contributed by atoms with Crippen molar-refractivity contribution in [2.24, 2.45) is 0 Å². The molecule has 0 aliphatic rings. The van der Waals surface area contributed by atoms with Crippen LogP contribution in [0.3, 0.4) is 0 Å². The predicted octanol–water partition coefficient (Wildman–Crippen LogP) is 5.76. The molecule has 33 heavy (non-hydrogen) atoms. The molecule has 0 saturated carbocycles. The molecule has 0 atom stereocenters. The second-order valence-electron chi connectivity index (χ2n) is 7.17. The molecule has 0 bridgehead atoms. The standard InChI is InChI=1S/C24H22ClN5OS2/c1-2-14-30-21(13-8-17-6-4-3-5-7-17)28-29-24(30)33-16-22(31)27-23-26-20(15-32-23)18-9-11-19(25)12-10-18/h2-7,9-12,15H,1,8,13-14,16H2,(H,26,27,31). The van der Waals surface area contributed by atoms with Crippen molar-refractivity contribution in [2.45, 2.75) is 24.5 Å². The zero-order valence-corrected chi connectivity index (χ0v) is 20.2. The quantitative estimate of drug-likeness (QED) is 0.224. The van der Waals surface area contributed by atoms with Crippen molar-refractivity contribution < 1.29 is 4.79 Å². The third-order valence-corrected chi connectivity index (χ3v) is 6.78. The number of anilines is 1. The molecule has 168 valence electrons. The van der Waals surface area contributed by atoms with Gasteiger partial charge in [-0.25, -0.2) is 4.98 Å². The SMILES string of the molecule is C=CCn1c(CCc2ccccc2)nnc1SCC(=O)Nc1nc(-c2ccc(Cl)cc2)cs1. The Labute approximate surface area is 205 Å². The number of carbonyl (C=O) groups excluding carboxylic acids is 1. The molecule has 1 amide bonds. The van der Waals surface area contributed by atoms with Crippen LogP contribution in [0.1, 0.15) is 11.4 Å². The second-order valence-corrected chi connectivity index (χ2v) is 9.40. The van der Waals surface area contributed by atoms with E-state index in [4.69, 9.17) is 11.6 Å². The van der Waals surface area contributed by atoms with Crippen molar-refractivity contribution in [1.29, 1.82) is 0 Å². The van der Waals surface area contributed by atoms with E-state index in [1.807, 2.05) is 58.5 Å². The molecule has 0 saturated heterocycles. The lowest BCUT2D eigenvalue weighted by molar-refractivity contribution is -0.113. The van der Waals surface area contributed by atoms with Crippen LogP contribution in [-0.2, 0) is 24.2 Å². The van der Waals surface area contributed by atoms with Gasteiger partial charge in [-0.15, -0.1) is 28.1 Å². The maximum absolute atomic E-state index is 12.5. The average Bonchev–Trinajstić information content (AvgIpc) is 3.45. The largest absolute Gasteiger partial charge is 0.302 e. The second kappa shape index (κ2) is 11.3. The molecular formula is C24H22ClN5OS2. The normalized spacial score (nSPS) is 10.8. The van der Waals surface area contributed by atoms with Gasteiger partial charge in [-0.05, 0) is 24.1 Å². The maximum atomic E-state index is 12.5. The van der Waals surface area contributed by atoms with E-state index in [9.17, 15) is 4.79 Å². The lowest BCUT2D eigenvalue weighted by Gasteiger charge is -2.08. The number of hydrogen-bond acceptors (Lipinski definition) is 6. The van der Waals surface area contributed by atoms with Gasteiger partial charge in [0.1, 0.15) is 5.82 Å². The molecule has 0 fully saturated rings. The first kappa shape index (κ1) is 23.2. The van der Waals surface area contributed by atoms with Crippen LogP contribution < -0.4 is 5.32 Å². The van der Waals surface area contributed by atoms with Gasteiger partial charge >= 0.3 is 0 Å². The number of allylic oxidation sites excluding steroid dienone is 1. The van der Waals surface area contributed by atoms with Crippen LogP contribution in [0.25, 0.3) is 11.3 Å². The van der Waals surface area contributed by atoms with Gasteiger partial charge in [0, 0.05) is 28.9 Å². The molecule has 0 aliphatic heterocycles. The van der Waals surface area contributed by atoms with Crippen LogP contribution in [0.2, 0.25) is 5.02 Å². The number of hydrogen-bond donors (Lipinski definition) is 1. The first-order valence-corrected chi connectivity index (χ1v) is 12.6. The fraction of sp³-hybridized carbons (Fsp3) is 0.167. The molecular weight excluding hydrogens is 474 g/mol. The molecule has 6 nitrogen and oxygen atoms in total. The summed E-state index contributed by atoms with van der Waals surface area (Å²) in [6, 6.07) is 17.7. The molecule has 9 heteroatoms. The van der Waals surface area contributed by atoms with Gasteiger partial charge in [0.25, 0.3) is 0 Å². The highest BCUT2D eigenvalue weighted by atomic mass is 35.5. The van der Waals surface area contributed by atoms with Crippen LogP contribution in [-0.4, -0.2) is 31.4 Å². The van der Waals surface area contributed by atoms with Crippen LogP contribution in [0.15, 0.2) is 77.8 Å². The van der Waals surface area contributed by atoms with Gasteiger partial charge in [-0.2, -0.15) is 0 Å². The number of aryl methyl sites for hydroxylation is 2. The third-order valence-electron chi connectivity index (χ3n) is 4.81. The van der Waals surface area contributed by atoms with Crippen LogP contribution in [0.5, 0.6) is 0 Å². The summed E-state index contributed by atoms with van der Waals surface area (Å²) >= 11 is 8.68. The number of thiazole rings is 1. The number of nitrogens with one attached hydrogen (secondary N) is 1. The number of carbonyl (C=O) groups is 1. The predicted molar refractivity (Wildman–Crippen MR) is 136 cm³/mol. The van der Waals surface area contributed by atoms with Crippen LogP contribution >= 0.6 is 34.7 Å². The van der Waals surface area contributed by atoms with Gasteiger partial charge < -0.3 is 9.88 Å². The highest BCUT2D eigenvalue weighted by Crippen LogP contribution is 2.26. The number of rotatable bonds is 10. The minimum Gasteiger partial charge on any atom is -0.302 e. The molecule has 2 aromatic carbocycles. The topological polar surface area (TPSA) is 72.7 Å². The van der Waals surface area contributed by atoms with Gasteiger partial charge in [0.2, 0.25) is 5.91 Å². The maximum Gasteiger partial charge on any atom is 0.236 e. The summed E-state index contributed by atoms with van der Waals surface area (Å²) in [6.45, 7) is 4.44. The first-order valence-electron chi connectivity index (χ1n) is 10.3. The van der Waals surface area contributed by atoms with E-state index in [0.29, 0.717) is 21.9 Å². The fourth-order valence-corrected chi connectivity index (χ4v) is 4.82. The highest BCUT2D eigenvalue weighted by molar-refractivity contribution is 7.99. The lowest BCUT2D eigenvalue weighted by Crippen LogP contribution is -2.14. The smallest absolute Gasteiger partial charge is 0.236 e. The summed E-state index contributed by atoms with van der Waals surface area (Å²) in [5, 5.41) is 15.4. The molecule has 0 spiro atoms. The molecule has 0 aliphatic carbocycles. The van der Waals surface area contributed by atoms with E-state index >= 15 is 0 Å².